The van der Waals surface area contributed by atoms with Gasteiger partial charge in [0.05, 0.1) is 18.6 Å². The Morgan fingerprint density at radius 3 is 2.28 bits per heavy atom. The van der Waals surface area contributed by atoms with Gasteiger partial charge in [0.2, 0.25) is 0 Å². The Bertz CT molecular complexity index is 1010. The number of hydrogen-bond donors (Lipinski definition) is 2. The van der Waals surface area contributed by atoms with Gasteiger partial charge in [0.15, 0.2) is 5.96 Å². The number of methoxy groups -OCH3 is 1. The number of aromatic nitrogens is 1. The highest BCUT2D eigenvalue weighted by Crippen LogP contribution is 2.13. The first-order valence-corrected chi connectivity index (χ1v) is 10.4. The fourth-order valence-corrected chi connectivity index (χ4v) is 3.04. The molecule has 8 nitrogen and oxygen atoms in total. The van der Waals surface area contributed by atoms with Gasteiger partial charge in [-0.25, -0.2) is 4.99 Å². The number of hydrogen-bond acceptors (Lipinski definition) is 5. The van der Waals surface area contributed by atoms with E-state index in [4.69, 9.17) is 4.74 Å². The van der Waals surface area contributed by atoms with Crippen molar-refractivity contribution in [1.82, 2.24) is 15.6 Å². The van der Waals surface area contributed by atoms with Crippen LogP contribution in [0.25, 0.3) is 0 Å². The molecule has 3 aromatic rings. The van der Waals surface area contributed by atoms with E-state index in [0.717, 1.165) is 29.8 Å². The second-order valence-corrected chi connectivity index (χ2v) is 7.11. The highest BCUT2D eigenvalue weighted by Gasteiger charge is 2.05. The summed E-state index contributed by atoms with van der Waals surface area (Å²) in [6.07, 6.45) is 3.39. The number of ether oxygens (including phenoxy) is 1. The summed E-state index contributed by atoms with van der Waals surface area (Å²) in [7, 11) is 1.65. The molecule has 32 heavy (non-hydrogen) atoms. The molecule has 166 valence electrons. The second-order valence-electron chi connectivity index (χ2n) is 7.11. The molecule has 0 fully saturated rings. The standard InChI is InChI=1S/C24H27N5O3/c1-32-23-11-7-19(8-12-23)13-16-26-24(27-17-14-21-4-2-3-15-25-21)28-18-20-5-9-22(10-6-20)29(30)31/h2-12,15H,13-14,16-18H2,1H3,(H2,26,27,28). The van der Waals surface area contributed by atoms with Crippen LogP contribution in [0.1, 0.15) is 16.8 Å². The van der Waals surface area contributed by atoms with Crippen molar-refractivity contribution in [3.05, 3.63) is 99.9 Å². The van der Waals surface area contributed by atoms with Crippen molar-refractivity contribution in [2.24, 2.45) is 4.99 Å². The third kappa shape index (κ3) is 7.39. The third-order valence-electron chi connectivity index (χ3n) is 4.83. The molecule has 8 heteroatoms. The molecular formula is C24H27N5O3. The van der Waals surface area contributed by atoms with Gasteiger partial charge in [0.25, 0.3) is 5.69 Å². The maximum absolute atomic E-state index is 10.8. The van der Waals surface area contributed by atoms with Gasteiger partial charge < -0.3 is 15.4 Å². The number of nitrogens with one attached hydrogen (secondary N) is 2. The number of benzene rings is 2. The van der Waals surface area contributed by atoms with Crippen molar-refractivity contribution in [2.45, 2.75) is 19.4 Å². The van der Waals surface area contributed by atoms with E-state index in [1.165, 1.54) is 17.7 Å². The molecule has 0 radical (unpaired) electrons. The van der Waals surface area contributed by atoms with Gasteiger partial charge in [0.1, 0.15) is 5.75 Å². The molecule has 0 atom stereocenters. The van der Waals surface area contributed by atoms with E-state index in [2.05, 4.69) is 20.6 Å². The predicted octanol–water partition coefficient (Wildman–Crippen LogP) is 3.52. The van der Waals surface area contributed by atoms with Gasteiger partial charge in [0, 0.05) is 43.5 Å². The maximum Gasteiger partial charge on any atom is 0.269 e. The Morgan fingerprint density at radius 2 is 1.66 bits per heavy atom. The van der Waals surface area contributed by atoms with Crippen LogP contribution in [0.4, 0.5) is 5.69 Å². The Kier molecular flexibility index (Phi) is 8.56. The van der Waals surface area contributed by atoms with Crippen LogP contribution in [0, 0.1) is 10.1 Å². The molecule has 0 spiro atoms. The van der Waals surface area contributed by atoms with E-state index >= 15 is 0 Å². The van der Waals surface area contributed by atoms with E-state index in [1.807, 2.05) is 42.5 Å². The first kappa shape index (κ1) is 22.7. The highest BCUT2D eigenvalue weighted by molar-refractivity contribution is 5.79. The molecule has 0 aliphatic carbocycles. The topological polar surface area (TPSA) is 102 Å². The zero-order valence-electron chi connectivity index (χ0n) is 18.0. The van der Waals surface area contributed by atoms with E-state index in [1.54, 1.807) is 25.4 Å². The SMILES string of the molecule is COc1ccc(CCNC(=NCc2ccc([N+](=O)[O-])cc2)NCCc2ccccn2)cc1. The predicted molar refractivity (Wildman–Crippen MR) is 125 cm³/mol. The molecule has 3 rings (SSSR count). The maximum atomic E-state index is 10.8. The van der Waals surface area contributed by atoms with Crippen LogP contribution in [0.2, 0.25) is 0 Å². The van der Waals surface area contributed by atoms with Crippen LogP contribution in [-0.2, 0) is 19.4 Å². The fourth-order valence-electron chi connectivity index (χ4n) is 3.04. The molecule has 0 amide bonds. The van der Waals surface area contributed by atoms with Crippen LogP contribution in [0.15, 0.2) is 77.9 Å². The van der Waals surface area contributed by atoms with Crippen molar-refractivity contribution in [1.29, 1.82) is 0 Å². The average molecular weight is 434 g/mol. The summed E-state index contributed by atoms with van der Waals surface area (Å²) in [5.74, 6) is 1.52. The largest absolute Gasteiger partial charge is 0.497 e. The number of pyridine rings is 1. The van der Waals surface area contributed by atoms with Crippen molar-refractivity contribution >= 4 is 11.6 Å². The smallest absolute Gasteiger partial charge is 0.269 e. The number of aliphatic imine (C=N–C) groups is 1. The number of nitro benzene ring substituents is 1. The number of nitrogens with zero attached hydrogens (tertiary/aromatic N) is 3. The molecule has 0 aliphatic rings. The first-order chi connectivity index (χ1) is 15.6. The summed E-state index contributed by atoms with van der Waals surface area (Å²) in [6.45, 7) is 1.81. The fraction of sp³-hybridized carbons (Fsp3) is 0.250. The minimum absolute atomic E-state index is 0.0732. The van der Waals surface area contributed by atoms with Gasteiger partial charge >= 0.3 is 0 Å². The lowest BCUT2D eigenvalue weighted by molar-refractivity contribution is -0.384. The van der Waals surface area contributed by atoms with Gasteiger partial charge in [-0.3, -0.25) is 15.1 Å². The lowest BCUT2D eigenvalue weighted by atomic mass is 10.1. The zero-order chi connectivity index (χ0) is 22.6. The summed E-state index contributed by atoms with van der Waals surface area (Å²) in [6, 6.07) is 20.3. The molecule has 0 aliphatic heterocycles. The number of non-ortho nitro benzene ring substituents is 1. The lowest BCUT2D eigenvalue weighted by Crippen LogP contribution is -2.39. The summed E-state index contributed by atoms with van der Waals surface area (Å²) in [5, 5.41) is 17.5. The van der Waals surface area contributed by atoms with E-state index < -0.39 is 4.92 Å². The minimum atomic E-state index is -0.404. The van der Waals surface area contributed by atoms with E-state index in [-0.39, 0.29) is 5.69 Å². The quantitative estimate of drug-likeness (QED) is 0.220. The molecule has 1 heterocycles. The monoisotopic (exact) mass is 433 g/mol. The number of guanidine groups is 1. The van der Waals surface area contributed by atoms with Crippen LogP contribution < -0.4 is 15.4 Å². The van der Waals surface area contributed by atoms with Crippen LogP contribution in [0.5, 0.6) is 5.75 Å². The van der Waals surface area contributed by atoms with Crippen LogP contribution in [0.3, 0.4) is 0 Å². The molecule has 0 saturated carbocycles. The number of nitro groups is 1. The minimum Gasteiger partial charge on any atom is -0.497 e. The van der Waals surface area contributed by atoms with Crippen LogP contribution in [-0.4, -0.2) is 36.1 Å². The molecule has 2 N–H and O–H groups in total. The summed E-state index contributed by atoms with van der Waals surface area (Å²) in [5.41, 5.74) is 3.18. The average Bonchev–Trinajstić information content (AvgIpc) is 2.83. The van der Waals surface area contributed by atoms with Crippen molar-refractivity contribution < 1.29 is 9.66 Å². The Hall–Kier alpha value is -3.94. The van der Waals surface area contributed by atoms with Crippen molar-refractivity contribution in [3.63, 3.8) is 0 Å². The summed E-state index contributed by atoms with van der Waals surface area (Å²) in [4.78, 5) is 19.4. The highest BCUT2D eigenvalue weighted by atomic mass is 16.6. The normalized spacial score (nSPS) is 11.1. The first-order valence-electron chi connectivity index (χ1n) is 10.4. The molecule has 0 unspecified atom stereocenters. The third-order valence-corrected chi connectivity index (χ3v) is 4.83. The van der Waals surface area contributed by atoms with Gasteiger partial charge in [-0.05, 0) is 41.8 Å². The Labute approximate surface area is 187 Å². The molecule has 2 aromatic carbocycles. The Morgan fingerprint density at radius 1 is 0.969 bits per heavy atom. The second kappa shape index (κ2) is 12.0. The number of rotatable bonds is 10. The molecule has 1 aromatic heterocycles. The van der Waals surface area contributed by atoms with Crippen LogP contribution >= 0.6 is 0 Å². The molecule has 0 bridgehead atoms. The van der Waals surface area contributed by atoms with Crippen molar-refractivity contribution in [3.8, 4) is 5.75 Å². The van der Waals surface area contributed by atoms with E-state index in [9.17, 15) is 10.1 Å². The van der Waals surface area contributed by atoms with Crippen molar-refractivity contribution in [2.75, 3.05) is 20.2 Å². The summed E-state index contributed by atoms with van der Waals surface area (Å²) >= 11 is 0. The zero-order valence-corrected chi connectivity index (χ0v) is 18.0. The lowest BCUT2D eigenvalue weighted by Gasteiger charge is -2.13. The van der Waals surface area contributed by atoms with Gasteiger partial charge in [-0.2, -0.15) is 0 Å². The molecule has 0 saturated heterocycles. The summed E-state index contributed by atoms with van der Waals surface area (Å²) < 4.78 is 5.20. The Balaban J connectivity index is 1.58. The van der Waals surface area contributed by atoms with Gasteiger partial charge in [-0.1, -0.05) is 30.3 Å². The van der Waals surface area contributed by atoms with Gasteiger partial charge in [-0.15, -0.1) is 0 Å². The van der Waals surface area contributed by atoms with E-state index in [0.29, 0.717) is 25.6 Å². The molecular weight excluding hydrogens is 406 g/mol.